The number of nitrogens with zero attached hydrogens (tertiary/aromatic N) is 2. The van der Waals surface area contributed by atoms with Crippen molar-refractivity contribution in [1.29, 1.82) is 0 Å². The number of rotatable bonds is 10. The fourth-order valence-corrected chi connectivity index (χ4v) is 7.65. The Morgan fingerprint density at radius 2 is 1.83 bits per heavy atom. The third kappa shape index (κ3) is 5.57. The topological polar surface area (TPSA) is 91.0 Å². The second-order valence-corrected chi connectivity index (χ2v) is 13.1. The molecule has 2 N–H and O–H groups in total. The molecular formula is C33H48N4O4. The fraction of sp³-hybridized carbons (Fsp3) is 0.667. The van der Waals surface area contributed by atoms with Gasteiger partial charge in [-0.2, -0.15) is 0 Å². The first kappa shape index (κ1) is 29.8. The molecule has 1 aromatic rings. The molecule has 1 aliphatic carbocycles. The van der Waals surface area contributed by atoms with Crippen LogP contribution in [0.15, 0.2) is 30.4 Å². The lowest BCUT2D eigenvalue weighted by Crippen LogP contribution is -2.58. The van der Waals surface area contributed by atoms with Gasteiger partial charge in [0.25, 0.3) is 0 Å². The number of amides is 3. The molecule has 0 unspecified atom stereocenters. The summed E-state index contributed by atoms with van der Waals surface area (Å²) in [6, 6.07) is 5.19. The van der Waals surface area contributed by atoms with Gasteiger partial charge in [0, 0.05) is 24.8 Å². The summed E-state index contributed by atoms with van der Waals surface area (Å²) in [5.41, 5.74) is 1.68. The van der Waals surface area contributed by atoms with Crippen LogP contribution < -0.4 is 10.6 Å². The van der Waals surface area contributed by atoms with E-state index in [1.807, 2.05) is 38.1 Å². The summed E-state index contributed by atoms with van der Waals surface area (Å²) in [6.45, 7) is 12.6. The molecular weight excluding hydrogens is 516 g/mol. The number of ether oxygens (including phenoxy) is 1. The summed E-state index contributed by atoms with van der Waals surface area (Å²) in [5, 5.41) is 6.40. The molecule has 0 aromatic heterocycles. The van der Waals surface area contributed by atoms with Gasteiger partial charge in [0.1, 0.15) is 11.6 Å². The molecule has 8 nitrogen and oxygen atoms in total. The number of likely N-dealkylation sites (N-methyl/N-ethyl adjacent to an activating group) is 1. The molecule has 1 spiro atoms. The third-order valence-corrected chi connectivity index (χ3v) is 10.1. The van der Waals surface area contributed by atoms with E-state index >= 15 is 0 Å². The molecule has 41 heavy (non-hydrogen) atoms. The number of hydrogen-bond donors (Lipinski definition) is 2. The molecule has 3 heterocycles. The highest BCUT2D eigenvalue weighted by Crippen LogP contribution is 2.55. The largest absolute Gasteiger partial charge is 0.359 e. The van der Waals surface area contributed by atoms with Crippen LogP contribution in [0.4, 0.5) is 5.69 Å². The summed E-state index contributed by atoms with van der Waals surface area (Å²) in [7, 11) is 2.05. The molecule has 2 saturated heterocycles. The van der Waals surface area contributed by atoms with E-state index in [2.05, 4.69) is 49.4 Å². The molecule has 2 bridgehead atoms. The quantitative estimate of drug-likeness (QED) is 0.418. The lowest BCUT2D eigenvalue weighted by atomic mass is 9.73. The number of carbonyl (C=O) groups is 3. The highest BCUT2D eigenvalue weighted by Gasteiger charge is 2.72. The zero-order chi connectivity index (χ0) is 29.5. The van der Waals surface area contributed by atoms with Crippen LogP contribution in [0.3, 0.4) is 0 Å². The summed E-state index contributed by atoms with van der Waals surface area (Å²) in [4.78, 5) is 46.1. The van der Waals surface area contributed by atoms with Crippen molar-refractivity contribution in [1.82, 2.24) is 15.1 Å². The standard InChI is InChI=1S/C33H48N4O4/c1-7-8-14-36(6)15-16-37-29(31(39)35-25-11-9-10-22(4)23(25)5)33-13-12-26(41-33)27(28(33)32(37)40)30(38)34-24-18-20(2)17-21(3)19-24/h12-13,17-19,22-23,25-29H,7-11,14-16H2,1-6H3,(H,34,38)(H,35,39)/t22-,23+,25+,26-,27+,28-,29-,33-/m0/s1. The van der Waals surface area contributed by atoms with Gasteiger partial charge in [-0.25, -0.2) is 0 Å². The lowest BCUT2D eigenvalue weighted by molar-refractivity contribution is -0.141. The number of hydrogen-bond acceptors (Lipinski definition) is 5. The van der Waals surface area contributed by atoms with Crippen LogP contribution in [0.5, 0.6) is 0 Å². The molecule has 8 atom stereocenters. The second kappa shape index (κ2) is 11.9. The predicted molar refractivity (Wildman–Crippen MR) is 160 cm³/mol. The van der Waals surface area contributed by atoms with Crippen molar-refractivity contribution in [3.8, 4) is 0 Å². The first-order valence-corrected chi connectivity index (χ1v) is 15.6. The van der Waals surface area contributed by atoms with Crippen LogP contribution in [-0.4, -0.2) is 78.0 Å². The molecule has 3 aliphatic heterocycles. The molecule has 1 saturated carbocycles. The Morgan fingerprint density at radius 3 is 2.54 bits per heavy atom. The van der Waals surface area contributed by atoms with E-state index in [0.29, 0.717) is 30.6 Å². The zero-order valence-corrected chi connectivity index (χ0v) is 25.6. The van der Waals surface area contributed by atoms with Crippen molar-refractivity contribution in [2.24, 2.45) is 23.7 Å². The van der Waals surface area contributed by atoms with Crippen molar-refractivity contribution in [2.75, 3.05) is 32.0 Å². The SMILES string of the molecule is CCCCN(C)CCN1C(=O)[C@@H]2[C@H](C(=O)Nc3cc(C)cc(C)c3)[C@@H]3C=C[C@@]2(O3)[C@@H]1C(=O)N[C@@H]1CCC[C@H](C)[C@H]1C. The first-order chi connectivity index (χ1) is 19.6. The minimum absolute atomic E-state index is 0.0668. The maximum atomic E-state index is 14.2. The average molecular weight is 565 g/mol. The number of aryl methyl sites for hydroxylation is 2. The van der Waals surface area contributed by atoms with Gasteiger partial charge in [-0.15, -0.1) is 0 Å². The Kier molecular flexibility index (Phi) is 8.63. The van der Waals surface area contributed by atoms with Gasteiger partial charge in [0.05, 0.1) is 17.9 Å². The minimum Gasteiger partial charge on any atom is -0.359 e. The predicted octanol–water partition coefficient (Wildman–Crippen LogP) is 4.07. The number of likely N-dealkylation sites (tertiary alicyclic amines) is 1. The average Bonchev–Trinajstić information content (AvgIpc) is 3.55. The number of anilines is 1. The van der Waals surface area contributed by atoms with Crippen molar-refractivity contribution in [3.63, 3.8) is 0 Å². The van der Waals surface area contributed by atoms with Gasteiger partial charge >= 0.3 is 0 Å². The van der Waals surface area contributed by atoms with Crippen molar-refractivity contribution in [2.45, 2.75) is 90.5 Å². The van der Waals surface area contributed by atoms with E-state index in [0.717, 1.165) is 43.4 Å². The molecule has 224 valence electrons. The smallest absolute Gasteiger partial charge is 0.246 e. The Balaban J connectivity index is 1.42. The minimum atomic E-state index is -1.14. The molecule has 0 radical (unpaired) electrons. The van der Waals surface area contributed by atoms with Gasteiger partial charge in [-0.3, -0.25) is 14.4 Å². The van der Waals surface area contributed by atoms with Crippen molar-refractivity contribution in [3.05, 3.63) is 41.5 Å². The Hall–Kier alpha value is -2.71. The Bertz CT molecular complexity index is 1180. The molecule has 1 aromatic carbocycles. The highest BCUT2D eigenvalue weighted by atomic mass is 16.5. The van der Waals surface area contributed by atoms with Crippen LogP contribution >= 0.6 is 0 Å². The van der Waals surface area contributed by atoms with Crippen LogP contribution in [-0.2, 0) is 19.1 Å². The normalized spacial score (nSPS) is 33.9. The summed E-state index contributed by atoms with van der Waals surface area (Å²) < 4.78 is 6.54. The third-order valence-electron chi connectivity index (χ3n) is 10.1. The Morgan fingerprint density at radius 1 is 1.10 bits per heavy atom. The monoisotopic (exact) mass is 564 g/mol. The number of fused-ring (bicyclic) bond motifs is 1. The number of nitrogens with one attached hydrogen (secondary N) is 2. The summed E-state index contributed by atoms with van der Waals surface area (Å²) in [6.07, 6.45) is 8.62. The molecule has 5 rings (SSSR count). The van der Waals surface area contributed by atoms with Crippen LogP contribution in [0.2, 0.25) is 0 Å². The van der Waals surface area contributed by atoms with Gasteiger partial charge in [0.15, 0.2) is 0 Å². The molecule has 4 aliphatic rings. The van der Waals surface area contributed by atoms with Gasteiger partial charge in [-0.1, -0.05) is 58.3 Å². The number of unbranched alkanes of at least 4 members (excludes halogenated alkanes) is 1. The van der Waals surface area contributed by atoms with Crippen molar-refractivity contribution < 1.29 is 19.1 Å². The molecule has 8 heteroatoms. The van der Waals surface area contributed by atoms with E-state index in [9.17, 15) is 14.4 Å². The summed E-state index contributed by atoms with van der Waals surface area (Å²) >= 11 is 0. The second-order valence-electron chi connectivity index (χ2n) is 13.1. The lowest BCUT2D eigenvalue weighted by Gasteiger charge is -2.38. The van der Waals surface area contributed by atoms with Crippen LogP contribution in [0, 0.1) is 37.5 Å². The van der Waals surface area contributed by atoms with Crippen molar-refractivity contribution >= 4 is 23.4 Å². The van der Waals surface area contributed by atoms with E-state index in [-0.39, 0.29) is 23.8 Å². The Labute approximate surface area is 245 Å². The van der Waals surface area contributed by atoms with E-state index < -0.39 is 29.6 Å². The van der Waals surface area contributed by atoms with Crippen LogP contribution in [0.25, 0.3) is 0 Å². The molecule has 3 amide bonds. The maximum Gasteiger partial charge on any atom is 0.246 e. The van der Waals surface area contributed by atoms with E-state index in [1.54, 1.807) is 4.90 Å². The van der Waals surface area contributed by atoms with Gasteiger partial charge in [-0.05, 0) is 75.4 Å². The highest BCUT2D eigenvalue weighted by molar-refractivity contribution is 6.02. The maximum absolute atomic E-state index is 14.2. The van der Waals surface area contributed by atoms with Crippen LogP contribution in [0.1, 0.15) is 64.0 Å². The number of benzene rings is 1. The van der Waals surface area contributed by atoms with E-state index in [4.69, 9.17) is 4.74 Å². The van der Waals surface area contributed by atoms with Gasteiger partial charge < -0.3 is 25.2 Å². The fourth-order valence-electron chi connectivity index (χ4n) is 7.65. The molecule has 3 fully saturated rings. The first-order valence-electron chi connectivity index (χ1n) is 15.6. The summed E-state index contributed by atoms with van der Waals surface area (Å²) in [5.74, 6) is -1.09. The zero-order valence-electron chi connectivity index (χ0n) is 25.6. The van der Waals surface area contributed by atoms with Gasteiger partial charge in [0.2, 0.25) is 17.7 Å². The number of carbonyl (C=O) groups excluding carboxylic acids is 3. The van der Waals surface area contributed by atoms with E-state index in [1.165, 1.54) is 6.42 Å².